The fourth-order valence-electron chi connectivity index (χ4n) is 1.50. The van der Waals surface area contributed by atoms with Crippen LogP contribution < -0.4 is 10.2 Å². The Morgan fingerprint density at radius 1 is 1.41 bits per heavy atom. The summed E-state index contributed by atoms with van der Waals surface area (Å²) < 4.78 is 0. The Morgan fingerprint density at radius 2 is 2.24 bits per heavy atom. The number of pyridine rings is 1. The zero-order valence-electron chi connectivity index (χ0n) is 11.1. The number of hydrogen-bond acceptors (Lipinski definition) is 4. The molecule has 0 aliphatic heterocycles. The molecule has 0 aliphatic rings. The van der Waals surface area contributed by atoms with Gasteiger partial charge in [0.25, 0.3) is 0 Å². The van der Waals surface area contributed by atoms with Gasteiger partial charge in [0, 0.05) is 32.1 Å². The summed E-state index contributed by atoms with van der Waals surface area (Å²) in [7, 11) is 2.09. The van der Waals surface area contributed by atoms with Crippen LogP contribution in [0.2, 0.25) is 0 Å². The van der Waals surface area contributed by atoms with Crippen LogP contribution >= 0.6 is 11.8 Å². The Labute approximate surface area is 109 Å². The molecule has 1 aromatic heterocycles. The van der Waals surface area contributed by atoms with Gasteiger partial charge in [0.15, 0.2) is 0 Å². The van der Waals surface area contributed by atoms with Crippen molar-refractivity contribution in [2.24, 2.45) is 0 Å². The molecule has 0 fully saturated rings. The zero-order chi connectivity index (χ0) is 12.5. The van der Waals surface area contributed by atoms with Gasteiger partial charge in [-0.25, -0.2) is 4.98 Å². The topological polar surface area (TPSA) is 28.2 Å². The van der Waals surface area contributed by atoms with Crippen molar-refractivity contribution in [3.63, 3.8) is 0 Å². The van der Waals surface area contributed by atoms with Crippen LogP contribution in [-0.4, -0.2) is 37.1 Å². The fourth-order valence-corrected chi connectivity index (χ4v) is 1.96. The fraction of sp³-hybridized carbons (Fsp3) is 0.615. The Hall–Kier alpha value is -0.740. The highest BCUT2D eigenvalue weighted by Gasteiger charge is 2.01. The molecule has 0 unspecified atom stereocenters. The Morgan fingerprint density at radius 3 is 2.82 bits per heavy atom. The number of rotatable bonds is 8. The molecule has 0 aliphatic carbocycles. The Bertz CT molecular complexity index is 300. The van der Waals surface area contributed by atoms with Crippen LogP contribution in [0.1, 0.15) is 18.9 Å². The second-order valence-corrected chi connectivity index (χ2v) is 5.10. The van der Waals surface area contributed by atoms with E-state index in [4.69, 9.17) is 0 Å². The second-order valence-electron chi connectivity index (χ2n) is 4.12. The minimum absolute atomic E-state index is 0.912. The summed E-state index contributed by atoms with van der Waals surface area (Å²) in [6, 6.07) is 4.25. The predicted molar refractivity (Wildman–Crippen MR) is 77.9 cm³/mol. The maximum absolute atomic E-state index is 4.49. The molecule has 0 saturated carbocycles. The molecular formula is C13H23N3S. The summed E-state index contributed by atoms with van der Waals surface area (Å²) in [6.45, 7) is 5.20. The van der Waals surface area contributed by atoms with Gasteiger partial charge in [-0.3, -0.25) is 0 Å². The van der Waals surface area contributed by atoms with Gasteiger partial charge in [-0.2, -0.15) is 11.8 Å². The van der Waals surface area contributed by atoms with Crippen molar-refractivity contribution in [3.05, 3.63) is 23.9 Å². The van der Waals surface area contributed by atoms with Gasteiger partial charge in [-0.05, 0) is 30.9 Å². The Balaban J connectivity index is 2.43. The van der Waals surface area contributed by atoms with E-state index in [1.165, 1.54) is 12.0 Å². The number of nitrogens with one attached hydrogen (secondary N) is 1. The molecule has 4 heteroatoms. The quantitative estimate of drug-likeness (QED) is 0.720. The van der Waals surface area contributed by atoms with Crippen molar-refractivity contribution >= 4 is 17.6 Å². The predicted octanol–water partition coefficient (Wildman–Crippen LogP) is 2.38. The SMILES string of the molecule is CCCNCc1ccc(N(C)CCSC)nc1. The van der Waals surface area contributed by atoms with E-state index in [0.717, 1.165) is 31.2 Å². The van der Waals surface area contributed by atoms with E-state index in [1.54, 1.807) is 0 Å². The normalized spacial score (nSPS) is 10.5. The van der Waals surface area contributed by atoms with Gasteiger partial charge < -0.3 is 10.2 Å². The van der Waals surface area contributed by atoms with E-state index in [2.05, 4.69) is 47.6 Å². The second kappa shape index (κ2) is 8.37. The van der Waals surface area contributed by atoms with Crippen molar-refractivity contribution in [1.29, 1.82) is 0 Å². The molecule has 0 amide bonds. The highest BCUT2D eigenvalue weighted by Crippen LogP contribution is 2.10. The van der Waals surface area contributed by atoms with Gasteiger partial charge in [0.2, 0.25) is 0 Å². The third-order valence-electron chi connectivity index (χ3n) is 2.59. The first-order valence-corrected chi connectivity index (χ1v) is 7.53. The van der Waals surface area contributed by atoms with Crippen molar-refractivity contribution in [2.75, 3.05) is 37.0 Å². The molecule has 1 aromatic rings. The van der Waals surface area contributed by atoms with Gasteiger partial charge in [-0.15, -0.1) is 0 Å². The van der Waals surface area contributed by atoms with Crippen molar-refractivity contribution < 1.29 is 0 Å². The summed E-state index contributed by atoms with van der Waals surface area (Å²) in [4.78, 5) is 6.68. The molecule has 17 heavy (non-hydrogen) atoms. The summed E-state index contributed by atoms with van der Waals surface area (Å²) in [5, 5.41) is 3.38. The van der Waals surface area contributed by atoms with E-state index in [0.29, 0.717) is 0 Å². The highest BCUT2D eigenvalue weighted by atomic mass is 32.2. The highest BCUT2D eigenvalue weighted by molar-refractivity contribution is 7.98. The van der Waals surface area contributed by atoms with Gasteiger partial charge in [0.05, 0.1) is 0 Å². The molecule has 0 radical (unpaired) electrons. The number of aromatic nitrogens is 1. The molecule has 0 saturated heterocycles. The summed E-state index contributed by atoms with van der Waals surface area (Å²) in [5.41, 5.74) is 1.25. The first kappa shape index (κ1) is 14.3. The maximum atomic E-state index is 4.49. The smallest absolute Gasteiger partial charge is 0.128 e. The number of nitrogens with zero attached hydrogens (tertiary/aromatic N) is 2. The molecule has 3 nitrogen and oxygen atoms in total. The van der Waals surface area contributed by atoms with Gasteiger partial charge >= 0.3 is 0 Å². The number of thioether (sulfide) groups is 1. The van der Waals surface area contributed by atoms with Gasteiger partial charge in [-0.1, -0.05) is 13.0 Å². The lowest BCUT2D eigenvalue weighted by Crippen LogP contribution is -2.21. The molecule has 1 N–H and O–H groups in total. The molecular weight excluding hydrogens is 230 g/mol. The third-order valence-corrected chi connectivity index (χ3v) is 3.18. The molecule has 1 rings (SSSR count). The average Bonchev–Trinajstić information content (AvgIpc) is 2.37. The third kappa shape index (κ3) is 5.41. The first-order valence-electron chi connectivity index (χ1n) is 6.13. The molecule has 1 heterocycles. The first-order chi connectivity index (χ1) is 8.27. The van der Waals surface area contributed by atoms with Crippen molar-refractivity contribution in [2.45, 2.75) is 19.9 Å². The minimum atomic E-state index is 0.912. The molecule has 0 atom stereocenters. The maximum Gasteiger partial charge on any atom is 0.128 e. The van der Waals surface area contributed by atoms with Gasteiger partial charge in [0.1, 0.15) is 5.82 Å². The monoisotopic (exact) mass is 253 g/mol. The molecule has 0 bridgehead atoms. The summed E-state index contributed by atoms with van der Waals surface area (Å²) >= 11 is 1.86. The standard InChI is InChI=1S/C13H23N3S/c1-4-7-14-10-12-5-6-13(15-11-12)16(2)8-9-17-3/h5-6,11,14H,4,7-10H2,1-3H3. The van der Waals surface area contributed by atoms with Crippen LogP contribution in [0.5, 0.6) is 0 Å². The van der Waals surface area contributed by atoms with Crippen LogP contribution in [-0.2, 0) is 6.54 Å². The average molecular weight is 253 g/mol. The largest absolute Gasteiger partial charge is 0.359 e. The van der Waals surface area contributed by atoms with Crippen LogP contribution in [0.15, 0.2) is 18.3 Å². The van der Waals surface area contributed by atoms with Crippen LogP contribution in [0.25, 0.3) is 0 Å². The Kier molecular flexibility index (Phi) is 7.05. The lowest BCUT2D eigenvalue weighted by molar-refractivity contribution is 0.674. The van der Waals surface area contributed by atoms with Crippen molar-refractivity contribution in [3.8, 4) is 0 Å². The van der Waals surface area contributed by atoms with E-state index in [1.807, 2.05) is 18.0 Å². The number of hydrogen-bond donors (Lipinski definition) is 1. The van der Waals surface area contributed by atoms with E-state index in [-0.39, 0.29) is 0 Å². The van der Waals surface area contributed by atoms with Crippen LogP contribution in [0.4, 0.5) is 5.82 Å². The van der Waals surface area contributed by atoms with E-state index >= 15 is 0 Å². The molecule has 0 aromatic carbocycles. The minimum Gasteiger partial charge on any atom is -0.359 e. The summed E-state index contributed by atoms with van der Waals surface area (Å²) in [5.74, 6) is 2.19. The lowest BCUT2D eigenvalue weighted by Gasteiger charge is -2.17. The lowest BCUT2D eigenvalue weighted by atomic mass is 10.2. The van der Waals surface area contributed by atoms with Crippen LogP contribution in [0.3, 0.4) is 0 Å². The van der Waals surface area contributed by atoms with E-state index < -0.39 is 0 Å². The molecule has 96 valence electrons. The van der Waals surface area contributed by atoms with Crippen LogP contribution in [0, 0.1) is 0 Å². The van der Waals surface area contributed by atoms with Crippen molar-refractivity contribution in [1.82, 2.24) is 10.3 Å². The zero-order valence-corrected chi connectivity index (χ0v) is 11.9. The molecule has 0 spiro atoms. The van der Waals surface area contributed by atoms with E-state index in [9.17, 15) is 0 Å². The summed E-state index contributed by atoms with van der Waals surface area (Å²) in [6.07, 6.45) is 5.26. The number of anilines is 1.